The molecule has 0 radical (unpaired) electrons. The maximum absolute atomic E-state index is 13.2. The van der Waals surface area contributed by atoms with Gasteiger partial charge in [0.15, 0.2) is 10.8 Å². The summed E-state index contributed by atoms with van der Waals surface area (Å²) >= 11 is 1.43. The molecule has 2 aromatic heterocycles. The van der Waals surface area contributed by atoms with Crippen LogP contribution in [0.3, 0.4) is 0 Å². The van der Waals surface area contributed by atoms with Crippen molar-refractivity contribution in [3.63, 3.8) is 0 Å². The first-order valence-corrected chi connectivity index (χ1v) is 10.0. The van der Waals surface area contributed by atoms with Crippen molar-refractivity contribution in [3.8, 4) is 11.3 Å². The number of nitrogens with zero attached hydrogens (tertiary/aromatic N) is 6. The van der Waals surface area contributed by atoms with Gasteiger partial charge in [-0.15, -0.1) is 0 Å². The van der Waals surface area contributed by atoms with Crippen LogP contribution in [0.4, 0.5) is 15.1 Å². The van der Waals surface area contributed by atoms with E-state index in [-0.39, 0.29) is 11.9 Å². The molecule has 1 saturated heterocycles. The molecule has 28 heavy (non-hydrogen) atoms. The van der Waals surface area contributed by atoms with Crippen LogP contribution in [0.15, 0.2) is 35.5 Å². The molecular formula is C18H19FN6O2S. The zero-order valence-corrected chi connectivity index (χ0v) is 16.2. The molecule has 3 heterocycles. The van der Waals surface area contributed by atoms with Crippen LogP contribution in [0.1, 0.15) is 6.92 Å². The number of anilines is 1. The molecule has 1 N–H and O–H groups in total. The van der Waals surface area contributed by atoms with Crippen molar-refractivity contribution in [2.45, 2.75) is 18.1 Å². The first kappa shape index (κ1) is 18.5. The lowest BCUT2D eigenvalue weighted by atomic mass is 10.1. The normalized spacial score (nSPS) is 17.3. The van der Waals surface area contributed by atoms with Gasteiger partial charge in [0, 0.05) is 37.3 Å². The van der Waals surface area contributed by atoms with Crippen LogP contribution in [0.25, 0.3) is 16.9 Å². The summed E-state index contributed by atoms with van der Waals surface area (Å²) in [5.41, 5.74) is 2.10. The van der Waals surface area contributed by atoms with Crippen LogP contribution in [-0.2, 0) is 0 Å². The van der Waals surface area contributed by atoms with Crippen molar-refractivity contribution >= 4 is 29.5 Å². The predicted molar refractivity (Wildman–Crippen MR) is 104 cm³/mol. The van der Waals surface area contributed by atoms with Crippen molar-refractivity contribution in [3.05, 3.63) is 36.1 Å². The average molecular weight is 402 g/mol. The molecule has 3 aromatic rings. The molecule has 1 atom stereocenters. The standard InChI is InChI=1S/C18H19FN6O2S/c1-11-10-23(18(26)27)7-8-24(11)17-21-16(28-2)20-15-9-14(22-25(15)17)12-3-5-13(19)6-4-12/h3-6,9,11H,7-8,10H2,1-2H3,(H,26,27)/t11-/m0/s1. The number of carboxylic acid groups (broad SMARTS) is 1. The summed E-state index contributed by atoms with van der Waals surface area (Å²) in [5.74, 6) is 0.322. The zero-order valence-electron chi connectivity index (χ0n) is 15.4. The monoisotopic (exact) mass is 402 g/mol. The van der Waals surface area contributed by atoms with Crippen molar-refractivity contribution in [2.75, 3.05) is 30.8 Å². The van der Waals surface area contributed by atoms with Crippen molar-refractivity contribution in [1.29, 1.82) is 0 Å². The molecule has 1 aliphatic rings. The molecule has 0 bridgehead atoms. The van der Waals surface area contributed by atoms with E-state index >= 15 is 0 Å². The highest BCUT2D eigenvalue weighted by Gasteiger charge is 2.29. The fraction of sp³-hybridized carbons (Fsp3) is 0.333. The summed E-state index contributed by atoms with van der Waals surface area (Å²) in [6.07, 6.45) is 0.986. The van der Waals surface area contributed by atoms with E-state index in [0.29, 0.717) is 42.1 Å². The summed E-state index contributed by atoms with van der Waals surface area (Å²) in [5, 5.41) is 14.5. The van der Waals surface area contributed by atoms with Gasteiger partial charge in [0.05, 0.1) is 5.69 Å². The summed E-state index contributed by atoms with van der Waals surface area (Å²) in [7, 11) is 0. The Bertz CT molecular complexity index is 1020. The predicted octanol–water partition coefficient (Wildman–Crippen LogP) is 2.84. The summed E-state index contributed by atoms with van der Waals surface area (Å²) in [6, 6.07) is 7.92. The van der Waals surface area contributed by atoms with Crippen molar-refractivity contribution < 1.29 is 14.3 Å². The molecule has 4 rings (SSSR count). The second kappa shape index (κ2) is 7.27. The number of thioether (sulfide) groups is 1. The maximum Gasteiger partial charge on any atom is 0.407 e. The quantitative estimate of drug-likeness (QED) is 0.674. The Morgan fingerprint density at radius 1 is 1.25 bits per heavy atom. The Kier molecular flexibility index (Phi) is 4.80. The summed E-state index contributed by atoms with van der Waals surface area (Å²) < 4.78 is 14.9. The number of halogens is 1. The second-order valence-electron chi connectivity index (χ2n) is 6.59. The lowest BCUT2D eigenvalue weighted by Gasteiger charge is -2.39. The van der Waals surface area contributed by atoms with Crippen LogP contribution in [0, 0.1) is 5.82 Å². The fourth-order valence-electron chi connectivity index (χ4n) is 3.32. The van der Waals surface area contributed by atoms with Crippen LogP contribution < -0.4 is 4.90 Å². The number of hydrogen-bond acceptors (Lipinski definition) is 6. The highest BCUT2D eigenvalue weighted by molar-refractivity contribution is 7.98. The topological polar surface area (TPSA) is 86.9 Å². The summed E-state index contributed by atoms with van der Waals surface area (Å²) in [6.45, 7) is 3.26. The third kappa shape index (κ3) is 3.35. The van der Waals surface area contributed by atoms with Crippen molar-refractivity contribution in [1.82, 2.24) is 24.5 Å². The minimum atomic E-state index is -0.915. The second-order valence-corrected chi connectivity index (χ2v) is 7.36. The molecule has 1 aliphatic heterocycles. The number of hydrogen-bond donors (Lipinski definition) is 1. The van der Waals surface area contributed by atoms with Crippen LogP contribution in [-0.4, -0.2) is 67.6 Å². The minimum Gasteiger partial charge on any atom is -0.465 e. The number of rotatable bonds is 3. The van der Waals surface area contributed by atoms with E-state index < -0.39 is 6.09 Å². The Morgan fingerprint density at radius 3 is 2.64 bits per heavy atom. The van der Waals surface area contributed by atoms with Gasteiger partial charge in [-0.2, -0.15) is 14.6 Å². The van der Waals surface area contributed by atoms with Gasteiger partial charge in [-0.25, -0.2) is 14.2 Å². The minimum absolute atomic E-state index is 0.0591. The Labute approximate surface area is 165 Å². The Hall–Kier alpha value is -2.88. The van der Waals surface area contributed by atoms with E-state index in [1.807, 2.05) is 19.2 Å². The molecular weight excluding hydrogens is 383 g/mol. The largest absolute Gasteiger partial charge is 0.465 e. The average Bonchev–Trinajstić information content (AvgIpc) is 3.11. The van der Waals surface area contributed by atoms with E-state index in [2.05, 4.69) is 20.0 Å². The Morgan fingerprint density at radius 2 is 2.00 bits per heavy atom. The number of piperazine rings is 1. The maximum atomic E-state index is 13.2. The smallest absolute Gasteiger partial charge is 0.407 e. The van der Waals surface area contributed by atoms with Gasteiger partial charge in [0.2, 0.25) is 5.95 Å². The van der Waals surface area contributed by atoms with Gasteiger partial charge in [-0.3, -0.25) is 0 Å². The van der Waals surface area contributed by atoms with E-state index in [1.165, 1.54) is 28.8 Å². The van der Waals surface area contributed by atoms with Crippen LogP contribution in [0.2, 0.25) is 0 Å². The first-order chi connectivity index (χ1) is 13.5. The highest BCUT2D eigenvalue weighted by Crippen LogP contribution is 2.26. The number of aromatic nitrogens is 4. The van der Waals surface area contributed by atoms with Crippen LogP contribution in [0.5, 0.6) is 0 Å². The van der Waals surface area contributed by atoms with Gasteiger partial charge < -0.3 is 14.9 Å². The molecule has 1 amide bonds. The van der Waals surface area contributed by atoms with Gasteiger partial charge in [0.25, 0.3) is 0 Å². The number of benzene rings is 1. The molecule has 0 aliphatic carbocycles. The molecule has 146 valence electrons. The number of amides is 1. The number of carbonyl (C=O) groups is 1. The van der Waals surface area contributed by atoms with E-state index in [0.717, 1.165) is 5.56 Å². The summed E-state index contributed by atoms with van der Waals surface area (Å²) in [4.78, 5) is 23.9. The zero-order chi connectivity index (χ0) is 19.8. The third-order valence-electron chi connectivity index (χ3n) is 4.76. The molecule has 1 fully saturated rings. The molecule has 10 heteroatoms. The SMILES string of the molecule is CSc1nc(N2CCN(C(=O)O)C[C@@H]2C)n2nc(-c3ccc(F)cc3)cc2n1. The van der Waals surface area contributed by atoms with Gasteiger partial charge in [-0.05, 0) is 37.4 Å². The molecule has 0 spiro atoms. The highest BCUT2D eigenvalue weighted by atomic mass is 32.2. The molecule has 0 unspecified atom stereocenters. The van der Waals surface area contributed by atoms with Crippen LogP contribution >= 0.6 is 11.8 Å². The molecule has 1 aromatic carbocycles. The van der Waals surface area contributed by atoms with Gasteiger partial charge in [0.1, 0.15) is 5.82 Å². The molecule has 8 nitrogen and oxygen atoms in total. The van der Waals surface area contributed by atoms with Crippen molar-refractivity contribution in [2.24, 2.45) is 0 Å². The van der Waals surface area contributed by atoms with E-state index in [1.54, 1.807) is 16.6 Å². The Balaban J connectivity index is 1.77. The fourth-order valence-corrected chi connectivity index (χ4v) is 3.68. The lowest BCUT2D eigenvalue weighted by Crippen LogP contribution is -2.54. The van der Waals surface area contributed by atoms with E-state index in [4.69, 9.17) is 0 Å². The van der Waals surface area contributed by atoms with Gasteiger partial charge in [-0.1, -0.05) is 11.8 Å². The number of fused-ring (bicyclic) bond motifs is 1. The lowest BCUT2D eigenvalue weighted by molar-refractivity contribution is 0.136. The van der Waals surface area contributed by atoms with Gasteiger partial charge >= 0.3 is 6.09 Å². The molecule has 0 saturated carbocycles. The third-order valence-corrected chi connectivity index (χ3v) is 5.31. The first-order valence-electron chi connectivity index (χ1n) is 8.78. The van der Waals surface area contributed by atoms with E-state index in [9.17, 15) is 14.3 Å².